The van der Waals surface area contributed by atoms with Gasteiger partial charge in [-0.25, -0.2) is 5.43 Å². The fraction of sp³-hybridized carbons (Fsp3) is 0.143. The highest BCUT2D eigenvalue weighted by molar-refractivity contribution is 5.98. The monoisotopic (exact) mass is 453 g/mol. The van der Waals surface area contributed by atoms with Gasteiger partial charge < -0.3 is 14.0 Å². The number of para-hydroxylation sites is 1. The zero-order valence-corrected chi connectivity index (χ0v) is 19.3. The van der Waals surface area contributed by atoms with Crippen LogP contribution in [-0.2, 0) is 6.61 Å². The lowest BCUT2D eigenvalue weighted by Gasteiger charge is -2.13. The lowest BCUT2D eigenvalue weighted by atomic mass is 10.1. The first-order chi connectivity index (χ1) is 16.6. The maximum atomic E-state index is 12.7. The van der Waals surface area contributed by atoms with E-state index in [-0.39, 0.29) is 5.91 Å². The maximum Gasteiger partial charge on any atom is 0.273 e. The Morgan fingerprint density at radius 2 is 1.71 bits per heavy atom. The van der Waals surface area contributed by atoms with Crippen molar-refractivity contribution in [3.63, 3.8) is 0 Å². The van der Waals surface area contributed by atoms with Crippen LogP contribution in [0.15, 0.2) is 96.4 Å². The van der Waals surface area contributed by atoms with Gasteiger partial charge >= 0.3 is 0 Å². The van der Waals surface area contributed by atoms with Crippen LogP contribution < -0.4 is 14.9 Å². The highest BCUT2D eigenvalue weighted by atomic mass is 16.5. The van der Waals surface area contributed by atoms with Gasteiger partial charge in [-0.1, -0.05) is 42.0 Å². The molecule has 1 aromatic heterocycles. The van der Waals surface area contributed by atoms with Gasteiger partial charge in [0, 0.05) is 12.4 Å². The van der Waals surface area contributed by atoms with E-state index >= 15 is 0 Å². The number of nitrogens with one attached hydrogen (secondary N) is 1. The smallest absolute Gasteiger partial charge is 0.273 e. The number of carbonyl (C=O) groups is 1. The number of nitrogens with zero attached hydrogens (tertiary/aromatic N) is 2. The molecular weight excluding hydrogens is 426 g/mol. The highest BCUT2D eigenvalue weighted by Gasteiger charge is 2.11. The molecule has 0 aliphatic heterocycles. The molecule has 0 radical (unpaired) electrons. The van der Waals surface area contributed by atoms with Gasteiger partial charge in [-0.05, 0) is 67.4 Å². The number of amides is 1. The summed E-state index contributed by atoms with van der Waals surface area (Å²) >= 11 is 0. The molecule has 1 amide bonds. The Labute approximate surface area is 199 Å². The van der Waals surface area contributed by atoms with Gasteiger partial charge in [-0.3, -0.25) is 4.79 Å². The lowest BCUT2D eigenvalue weighted by Crippen LogP contribution is -2.19. The van der Waals surface area contributed by atoms with Crippen LogP contribution in [0.4, 0.5) is 0 Å². The number of aryl methyl sites for hydroxylation is 1. The van der Waals surface area contributed by atoms with Gasteiger partial charge in [0.25, 0.3) is 5.91 Å². The number of carbonyl (C=O) groups excluding carboxylic acids is 1. The number of hydrogen-bond acceptors (Lipinski definition) is 4. The van der Waals surface area contributed by atoms with Gasteiger partial charge in [0.1, 0.15) is 6.61 Å². The first-order valence-electron chi connectivity index (χ1n) is 11.1. The largest absolute Gasteiger partial charge is 0.490 e. The van der Waals surface area contributed by atoms with Crippen LogP contribution in [0.2, 0.25) is 0 Å². The highest BCUT2D eigenvalue weighted by Crippen LogP contribution is 2.29. The molecule has 0 unspecified atom stereocenters. The third-order valence-corrected chi connectivity index (χ3v) is 5.19. The van der Waals surface area contributed by atoms with Gasteiger partial charge in [0.05, 0.1) is 24.1 Å². The van der Waals surface area contributed by atoms with E-state index in [9.17, 15) is 4.79 Å². The average Bonchev–Trinajstić information content (AvgIpc) is 3.40. The zero-order chi connectivity index (χ0) is 23.8. The molecule has 0 aliphatic rings. The van der Waals surface area contributed by atoms with Crippen LogP contribution in [-0.4, -0.2) is 23.3 Å². The van der Waals surface area contributed by atoms with Gasteiger partial charge in [-0.2, -0.15) is 5.10 Å². The Kier molecular flexibility index (Phi) is 7.40. The third kappa shape index (κ3) is 5.72. The van der Waals surface area contributed by atoms with Crippen molar-refractivity contribution < 1.29 is 14.3 Å². The maximum absolute atomic E-state index is 12.7. The van der Waals surface area contributed by atoms with E-state index in [1.54, 1.807) is 12.3 Å². The minimum absolute atomic E-state index is 0.288. The average molecular weight is 454 g/mol. The van der Waals surface area contributed by atoms with Crippen molar-refractivity contribution >= 4 is 12.1 Å². The molecule has 0 bridgehead atoms. The van der Waals surface area contributed by atoms with Crippen molar-refractivity contribution in [1.29, 1.82) is 0 Å². The fourth-order valence-corrected chi connectivity index (χ4v) is 3.45. The van der Waals surface area contributed by atoms with Crippen LogP contribution >= 0.6 is 0 Å². The Balaban J connectivity index is 1.43. The van der Waals surface area contributed by atoms with E-state index in [1.807, 2.05) is 84.5 Å². The van der Waals surface area contributed by atoms with Crippen molar-refractivity contribution in [2.24, 2.45) is 5.10 Å². The predicted molar refractivity (Wildman–Crippen MR) is 134 cm³/mol. The van der Waals surface area contributed by atoms with Crippen LogP contribution in [0.5, 0.6) is 11.5 Å². The van der Waals surface area contributed by atoms with Crippen molar-refractivity contribution in [2.45, 2.75) is 20.5 Å². The standard InChI is InChI=1S/C28H27N3O3/c1-3-33-27-18-23(14-15-26(27)34-20-22-12-10-21(2)11-13-22)19-29-30-28(32)24-8-4-5-9-25(24)31-16-6-7-17-31/h4-19H,3,20H2,1-2H3,(H,30,32)/b29-19-. The zero-order valence-electron chi connectivity index (χ0n) is 19.3. The predicted octanol–water partition coefficient (Wildman–Crippen LogP) is 5.53. The molecule has 3 aromatic carbocycles. The first kappa shape index (κ1) is 22.9. The van der Waals surface area contributed by atoms with Crippen LogP contribution in [0.25, 0.3) is 5.69 Å². The molecule has 0 atom stereocenters. The summed E-state index contributed by atoms with van der Waals surface area (Å²) in [5.41, 5.74) is 7.01. The summed E-state index contributed by atoms with van der Waals surface area (Å²) in [6.07, 6.45) is 5.38. The normalized spacial score (nSPS) is 10.9. The molecule has 0 saturated carbocycles. The van der Waals surface area contributed by atoms with E-state index in [0.717, 1.165) is 16.8 Å². The lowest BCUT2D eigenvalue weighted by molar-refractivity contribution is 0.0955. The summed E-state index contributed by atoms with van der Waals surface area (Å²) in [4.78, 5) is 12.7. The minimum Gasteiger partial charge on any atom is -0.490 e. The molecule has 0 aliphatic carbocycles. The number of ether oxygens (including phenoxy) is 2. The summed E-state index contributed by atoms with van der Waals surface area (Å²) < 4.78 is 13.6. The van der Waals surface area contributed by atoms with E-state index in [0.29, 0.717) is 30.3 Å². The van der Waals surface area contributed by atoms with Crippen molar-refractivity contribution in [2.75, 3.05) is 6.61 Å². The van der Waals surface area contributed by atoms with E-state index in [4.69, 9.17) is 9.47 Å². The summed E-state index contributed by atoms with van der Waals surface area (Å²) in [5.74, 6) is 0.996. The topological polar surface area (TPSA) is 64.8 Å². The SMILES string of the molecule is CCOc1cc(/C=N\NC(=O)c2ccccc2-n2cccc2)ccc1OCc1ccc(C)cc1. The molecular formula is C28H27N3O3. The van der Waals surface area contributed by atoms with Gasteiger partial charge in [0.2, 0.25) is 0 Å². The Bertz CT molecular complexity index is 1260. The van der Waals surface area contributed by atoms with Crippen LogP contribution in [0.1, 0.15) is 34.0 Å². The molecule has 4 aromatic rings. The quantitative estimate of drug-likeness (QED) is 0.268. The van der Waals surface area contributed by atoms with E-state index < -0.39 is 0 Å². The summed E-state index contributed by atoms with van der Waals surface area (Å²) in [6, 6.07) is 25.0. The fourth-order valence-electron chi connectivity index (χ4n) is 3.45. The molecule has 6 nitrogen and oxygen atoms in total. The Hall–Kier alpha value is -4.32. The number of hydrogen-bond donors (Lipinski definition) is 1. The third-order valence-electron chi connectivity index (χ3n) is 5.19. The molecule has 0 spiro atoms. The van der Waals surface area contributed by atoms with E-state index in [2.05, 4.69) is 29.6 Å². The van der Waals surface area contributed by atoms with Crippen molar-refractivity contribution in [3.8, 4) is 17.2 Å². The molecule has 0 fully saturated rings. The van der Waals surface area contributed by atoms with Gasteiger partial charge in [0.15, 0.2) is 11.5 Å². The van der Waals surface area contributed by atoms with E-state index in [1.165, 1.54) is 5.56 Å². The second kappa shape index (κ2) is 11.0. The first-order valence-corrected chi connectivity index (χ1v) is 11.1. The molecule has 0 saturated heterocycles. The number of rotatable bonds is 9. The number of benzene rings is 3. The second-order valence-electron chi connectivity index (χ2n) is 7.72. The Morgan fingerprint density at radius 3 is 2.47 bits per heavy atom. The van der Waals surface area contributed by atoms with Crippen LogP contribution in [0.3, 0.4) is 0 Å². The molecule has 172 valence electrons. The van der Waals surface area contributed by atoms with Crippen LogP contribution in [0, 0.1) is 6.92 Å². The second-order valence-corrected chi connectivity index (χ2v) is 7.72. The minimum atomic E-state index is -0.288. The molecule has 4 rings (SSSR count). The summed E-state index contributed by atoms with van der Waals surface area (Å²) in [6.45, 7) is 4.94. The summed E-state index contributed by atoms with van der Waals surface area (Å²) in [5, 5.41) is 4.14. The number of hydrazone groups is 1. The van der Waals surface area contributed by atoms with Gasteiger partial charge in [-0.15, -0.1) is 0 Å². The molecule has 1 N–H and O–H groups in total. The molecule has 1 heterocycles. The van der Waals surface area contributed by atoms with Crippen molar-refractivity contribution in [1.82, 2.24) is 9.99 Å². The molecule has 34 heavy (non-hydrogen) atoms. The van der Waals surface area contributed by atoms with Crippen molar-refractivity contribution in [3.05, 3.63) is 114 Å². The Morgan fingerprint density at radius 1 is 0.941 bits per heavy atom. The molecule has 6 heteroatoms. The summed E-state index contributed by atoms with van der Waals surface area (Å²) in [7, 11) is 0. The number of aromatic nitrogens is 1.